The number of aromatic nitrogens is 1. The summed E-state index contributed by atoms with van der Waals surface area (Å²) in [5, 5.41) is 9.31. The van der Waals surface area contributed by atoms with E-state index in [1.165, 1.54) is 5.56 Å². The minimum absolute atomic E-state index is 0.287. The number of aliphatic hydroxyl groups is 1. The van der Waals surface area contributed by atoms with Gasteiger partial charge in [0, 0.05) is 31.4 Å². The van der Waals surface area contributed by atoms with Gasteiger partial charge in [0.15, 0.2) is 0 Å². The SMILES string of the molecule is Cc1cc(C)c(CN)c(N(C)CCC(C)O)n1. The summed E-state index contributed by atoms with van der Waals surface area (Å²) in [5.41, 5.74) is 9.04. The van der Waals surface area contributed by atoms with Crippen molar-refractivity contribution < 1.29 is 5.11 Å². The van der Waals surface area contributed by atoms with Crippen LogP contribution in [0.3, 0.4) is 0 Å². The Morgan fingerprint density at radius 2 is 2.12 bits per heavy atom. The van der Waals surface area contributed by atoms with E-state index in [0.29, 0.717) is 6.54 Å². The first-order chi connectivity index (χ1) is 7.95. The van der Waals surface area contributed by atoms with Crippen LogP contribution in [0.4, 0.5) is 5.82 Å². The first-order valence-electron chi connectivity index (χ1n) is 6.02. The Morgan fingerprint density at radius 3 is 2.65 bits per heavy atom. The van der Waals surface area contributed by atoms with Crippen LogP contribution in [0.5, 0.6) is 0 Å². The zero-order valence-corrected chi connectivity index (χ0v) is 11.2. The van der Waals surface area contributed by atoms with Crippen molar-refractivity contribution in [2.75, 3.05) is 18.5 Å². The average Bonchev–Trinajstić information content (AvgIpc) is 2.24. The Morgan fingerprint density at radius 1 is 1.47 bits per heavy atom. The van der Waals surface area contributed by atoms with Gasteiger partial charge < -0.3 is 15.7 Å². The third kappa shape index (κ3) is 3.68. The second kappa shape index (κ2) is 5.98. The van der Waals surface area contributed by atoms with Gasteiger partial charge in [-0.2, -0.15) is 0 Å². The molecule has 1 unspecified atom stereocenters. The number of hydrogen-bond donors (Lipinski definition) is 2. The van der Waals surface area contributed by atoms with Crippen molar-refractivity contribution in [3.8, 4) is 0 Å². The monoisotopic (exact) mass is 237 g/mol. The van der Waals surface area contributed by atoms with Gasteiger partial charge in [-0.25, -0.2) is 4.98 Å². The van der Waals surface area contributed by atoms with E-state index in [-0.39, 0.29) is 6.10 Å². The Balaban J connectivity index is 2.95. The average molecular weight is 237 g/mol. The van der Waals surface area contributed by atoms with Crippen LogP contribution in [0.25, 0.3) is 0 Å². The Kier molecular flexibility index (Phi) is 4.90. The molecule has 0 aromatic carbocycles. The molecule has 1 aromatic rings. The topological polar surface area (TPSA) is 62.4 Å². The summed E-state index contributed by atoms with van der Waals surface area (Å²) in [6.45, 7) is 7.11. The first kappa shape index (κ1) is 13.9. The smallest absolute Gasteiger partial charge is 0.133 e. The lowest BCUT2D eigenvalue weighted by molar-refractivity contribution is 0.187. The summed E-state index contributed by atoms with van der Waals surface area (Å²) in [6, 6.07) is 2.05. The minimum atomic E-state index is -0.287. The molecule has 4 nitrogen and oxygen atoms in total. The van der Waals surface area contributed by atoms with Crippen molar-refractivity contribution >= 4 is 5.82 Å². The number of aliphatic hydroxyl groups excluding tert-OH is 1. The fourth-order valence-electron chi connectivity index (χ4n) is 1.90. The van der Waals surface area contributed by atoms with E-state index < -0.39 is 0 Å². The number of hydrogen-bond acceptors (Lipinski definition) is 4. The van der Waals surface area contributed by atoms with E-state index in [2.05, 4.69) is 16.8 Å². The molecular weight excluding hydrogens is 214 g/mol. The number of nitrogens with two attached hydrogens (primary N) is 1. The third-order valence-corrected chi connectivity index (χ3v) is 2.90. The molecule has 1 atom stereocenters. The molecule has 0 saturated carbocycles. The van der Waals surface area contributed by atoms with Crippen LogP contribution in [-0.2, 0) is 6.54 Å². The predicted molar refractivity (Wildman–Crippen MR) is 71.2 cm³/mol. The molecule has 0 radical (unpaired) electrons. The lowest BCUT2D eigenvalue weighted by atomic mass is 10.1. The number of pyridine rings is 1. The highest BCUT2D eigenvalue weighted by Gasteiger charge is 2.12. The van der Waals surface area contributed by atoms with Gasteiger partial charge in [-0.05, 0) is 38.8 Å². The van der Waals surface area contributed by atoms with Crippen LogP contribution in [-0.4, -0.2) is 29.8 Å². The summed E-state index contributed by atoms with van der Waals surface area (Å²) in [6.07, 6.45) is 0.444. The molecule has 0 aliphatic heterocycles. The highest BCUT2D eigenvalue weighted by atomic mass is 16.3. The second-order valence-corrected chi connectivity index (χ2v) is 4.65. The van der Waals surface area contributed by atoms with Gasteiger partial charge in [-0.3, -0.25) is 0 Å². The van der Waals surface area contributed by atoms with Gasteiger partial charge in [-0.1, -0.05) is 0 Å². The molecule has 3 N–H and O–H groups in total. The summed E-state index contributed by atoms with van der Waals surface area (Å²) in [4.78, 5) is 6.61. The van der Waals surface area contributed by atoms with Crippen molar-refractivity contribution in [1.29, 1.82) is 0 Å². The highest BCUT2D eigenvalue weighted by Crippen LogP contribution is 2.21. The molecule has 1 rings (SSSR count). The first-order valence-corrected chi connectivity index (χ1v) is 6.02. The molecule has 96 valence electrons. The Labute approximate surface area is 103 Å². The van der Waals surface area contributed by atoms with E-state index in [1.54, 1.807) is 6.92 Å². The Hall–Kier alpha value is -1.13. The lowest BCUT2D eigenvalue weighted by Crippen LogP contribution is -2.25. The maximum atomic E-state index is 9.31. The maximum absolute atomic E-state index is 9.31. The second-order valence-electron chi connectivity index (χ2n) is 4.65. The van der Waals surface area contributed by atoms with E-state index in [0.717, 1.165) is 30.0 Å². The molecule has 0 spiro atoms. The largest absolute Gasteiger partial charge is 0.393 e. The zero-order valence-electron chi connectivity index (χ0n) is 11.2. The van der Waals surface area contributed by atoms with Gasteiger partial charge in [0.05, 0.1) is 6.10 Å². The van der Waals surface area contributed by atoms with Crippen LogP contribution in [0.15, 0.2) is 6.07 Å². The fraction of sp³-hybridized carbons (Fsp3) is 0.615. The Bertz CT molecular complexity index is 377. The molecule has 0 saturated heterocycles. The quantitative estimate of drug-likeness (QED) is 0.812. The summed E-state index contributed by atoms with van der Waals surface area (Å²) in [7, 11) is 1.99. The van der Waals surface area contributed by atoms with Crippen molar-refractivity contribution in [2.45, 2.75) is 39.8 Å². The van der Waals surface area contributed by atoms with Gasteiger partial charge >= 0.3 is 0 Å². The van der Waals surface area contributed by atoms with Crippen molar-refractivity contribution in [3.63, 3.8) is 0 Å². The van der Waals surface area contributed by atoms with Gasteiger partial charge in [0.25, 0.3) is 0 Å². The number of nitrogens with zero attached hydrogens (tertiary/aromatic N) is 2. The molecule has 0 aliphatic rings. The minimum Gasteiger partial charge on any atom is -0.393 e. The van der Waals surface area contributed by atoms with Gasteiger partial charge in [0.1, 0.15) is 5.82 Å². The summed E-state index contributed by atoms with van der Waals surface area (Å²) < 4.78 is 0. The molecule has 0 fully saturated rings. The van der Waals surface area contributed by atoms with Crippen molar-refractivity contribution in [2.24, 2.45) is 5.73 Å². The summed E-state index contributed by atoms with van der Waals surface area (Å²) in [5.74, 6) is 0.936. The highest BCUT2D eigenvalue weighted by molar-refractivity contribution is 5.51. The number of anilines is 1. The zero-order chi connectivity index (χ0) is 13.0. The number of aryl methyl sites for hydroxylation is 2. The van der Waals surface area contributed by atoms with Gasteiger partial charge in [-0.15, -0.1) is 0 Å². The van der Waals surface area contributed by atoms with E-state index >= 15 is 0 Å². The van der Waals surface area contributed by atoms with E-state index in [9.17, 15) is 5.11 Å². The summed E-state index contributed by atoms with van der Waals surface area (Å²) >= 11 is 0. The van der Waals surface area contributed by atoms with Crippen LogP contribution in [0.2, 0.25) is 0 Å². The molecular formula is C13H23N3O. The van der Waals surface area contributed by atoms with E-state index in [1.807, 2.05) is 20.0 Å². The van der Waals surface area contributed by atoms with Crippen molar-refractivity contribution in [1.82, 2.24) is 4.98 Å². The van der Waals surface area contributed by atoms with Crippen molar-refractivity contribution in [3.05, 3.63) is 22.9 Å². The molecule has 0 aliphatic carbocycles. The van der Waals surface area contributed by atoms with E-state index in [4.69, 9.17) is 5.73 Å². The van der Waals surface area contributed by atoms with Crippen LogP contribution in [0.1, 0.15) is 30.2 Å². The predicted octanol–water partition coefficient (Wildman–Crippen LogP) is 1.36. The van der Waals surface area contributed by atoms with Crippen LogP contribution >= 0.6 is 0 Å². The van der Waals surface area contributed by atoms with Gasteiger partial charge in [0.2, 0.25) is 0 Å². The maximum Gasteiger partial charge on any atom is 0.133 e. The standard InChI is InChI=1S/C13H23N3O/c1-9-7-10(2)15-13(12(9)8-14)16(4)6-5-11(3)17/h7,11,17H,5-6,8,14H2,1-4H3. The fourth-order valence-corrected chi connectivity index (χ4v) is 1.90. The molecule has 1 heterocycles. The molecule has 17 heavy (non-hydrogen) atoms. The molecule has 0 amide bonds. The lowest BCUT2D eigenvalue weighted by Gasteiger charge is -2.23. The molecule has 0 bridgehead atoms. The third-order valence-electron chi connectivity index (χ3n) is 2.90. The van der Waals surface area contributed by atoms with Crippen LogP contribution < -0.4 is 10.6 Å². The van der Waals surface area contributed by atoms with Crippen LogP contribution in [0, 0.1) is 13.8 Å². The number of rotatable bonds is 5. The normalized spacial score (nSPS) is 12.6. The molecule has 1 aromatic heterocycles. The molecule has 4 heteroatoms.